The number of hydrogen-bond donors (Lipinski definition) is 0. The van der Waals surface area contributed by atoms with Gasteiger partial charge >= 0.3 is 0 Å². The van der Waals surface area contributed by atoms with Crippen LogP contribution >= 0.6 is 23.2 Å². The van der Waals surface area contributed by atoms with Crippen LogP contribution in [0.4, 0.5) is 8.78 Å². The van der Waals surface area contributed by atoms with Crippen LogP contribution < -0.4 is 9.47 Å². The molecule has 1 aliphatic carbocycles. The molecule has 8 heteroatoms. The Morgan fingerprint density at radius 3 is 1.35 bits per heavy atom. The van der Waals surface area contributed by atoms with E-state index in [0.29, 0.717) is 32.7 Å². The van der Waals surface area contributed by atoms with Gasteiger partial charge in [0.15, 0.2) is 11.6 Å². The number of benzene rings is 4. The maximum Gasteiger partial charge on any atom is 0.178 e. The van der Waals surface area contributed by atoms with Crippen LogP contribution in [0.25, 0.3) is 0 Å². The molecule has 1 saturated carbocycles. The summed E-state index contributed by atoms with van der Waals surface area (Å²) in [5, 5.41) is 0.691. The highest BCUT2D eigenvalue weighted by molar-refractivity contribution is 6.32. The molecule has 4 aromatic carbocycles. The Balaban J connectivity index is 1.52. The largest absolute Gasteiger partial charge is 0.492 e. The average molecular weight is 577 g/mol. The van der Waals surface area contributed by atoms with E-state index in [1.807, 2.05) is 0 Å². The quantitative estimate of drug-likeness (QED) is 0.245. The zero-order chi connectivity index (χ0) is 27.8. The van der Waals surface area contributed by atoms with Crippen LogP contribution in [0.2, 0.25) is 10.0 Å². The van der Waals surface area contributed by atoms with Crippen molar-refractivity contribution in [1.82, 2.24) is 0 Å². The molecule has 2 aliphatic heterocycles. The van der Waals surface area contributed by atoms with E-state index in [9.17, 15) is 18.4 Å². The molecule has 1 fully saturated rings. The van der Waals surface area contributed by atoms with Crippen molar-refractivity contribution < 1.29 is 27.8 Å². The molecule has 0 N–H and O–H groups in total. The van der Waals surface area contributed by atoms with Crippen LogP contribution in [0.5, 0.6) is 11.5 Å². The normalized spacial score (nSPS) is 26.5. The van der Waals surface area contributed by atoms with E-state index < -0.39 is 34.3 Å². The Morgan fingerprint density at radius 1 is 0.600 bits per heavy atom. The summed E-state index contributed by atoms with van der Waals surface area (Å²) in [5.41, 5.74) is -1.08. The van der Waals surface area contributed by atoms with Crippen molar-refractivity contribution in [2.75, 3.05) is 13.2 Å². The lowest BCUT2D eigenvalue weighted by atomic mass is 9.32. The van der Waals surface area contributed by atoms with Gasteiger partial charge in [0.25, 0.3) is 0 Å². The molecule has 4 aromatic rings. The maximum atomic E-state index is 14.7. The van der Waals surface area contributed by atoms with E-state index >= 15 is 0 Å². The number of ketones is 2. The Kier molecular flexibility index (Phi) is 5.61. The van der Waals surface area contributed by atoms with Gasteiger partial charge < -0.3 is 9.47 Å². The molecule has 4 unspecified atom stereocenters. The minimum absolute atomic E-state index is 0.120. The molecule has 7 rings (SSSR count). The smallest absolute Gasteiger partial charge is 0.178 e. The molecule has 200 valence electrons. The fourth-order valence-corrected chi connectivity index (χ4v) is 7.40. The van der Waals surface area contributed by atoms with Crippen molar-refractivity contribution in [1.29, 1.82) is 0 Å². The Bertz CT molecular complexity index is 1580. The Morgan fingerprint density at radius 2 is 0.975 bits per heavy atom. The fraction of sp³-hybridized carbons (Fsp3) is 0.188. The number of hydrogen-bond acceptors (Lipinski definition) is 4. The molecular weight excluding hydrogens is 557 g/mol. The number of rotatable bonds is 2. The molecule has 0 radical (unpaired) electrons. The molecule has 0 bridgehead atoms. The van der Waals surface area contributed by atoms with Gasteiger partial charge in [0.1, 0.15) is 36.3 Å². The molecule has 4 atom stereocenters. The monoisotopic (exact) mass is 576 g/mol. The van der Waals surface area contributed by atoms with Gasteiger partial charge in [0.2, 0.25) is 0 Å². The van der Waals surface area contributed by atoms with Gasteiger partial charge in [-0.25, -0.2) is 8.78 Å². The van der Waals surface area contributed by atoms with Gasteiger partial charge in [0, 0.05) is 21.9 Å². The predicted octanol–water partition coefficient (Wildman–Crippen LogP) is 7.68. The number of carbonyl (C=O) groups excluding carboxylic acids is 2. The first kappa shape index (κ1) is 25.2. The Hall–Kier alpha value is -3.74. The van der Waals surface area contributed by atoms with Gasteiger partial charge in [-0.3, -0.25) is 9.59 Å². The zero-order valence-corrected chi connectivity index (χ0v) is 22.3. The second-order valence-corrected chi connectivity index (χ2v) is 11.4. The molecule has 2 spiro atoms. The third kappa shape index (κ3) is 3.29. The molecular formula is C32H20Cl2F2O4. The highest BCUT2D eigenvalue weighted by Crippen LogP contribution is 2.76. The third-order valence-electron chi connectivity index (χ3n) is 8.74. The summed E-state index contributed by atoms with van der Waals surface area (Å²) >= 11 is 12.6. The maximum absolute atomic E-state index is 14.7. The summed E-state index contributed by atoms with van der Waals surface area (Å²) in [4.78, 5) is 29.5. The van der Waals surface area contributed by atoms with E-state index in [2.05, 4.69) is 0 Å². The van der Waals surface area contributed by atoms with Crippen molar-refractivity contribution in [2.24, 2.45) is 10.8 Å². The number of Topliss-reactive ketones (excluding diaryl/α,β-unsaturated/α-hetero) is 2. The number of halogens is 4. The summed E-state index contributed by atoms with van der Waals surface area (Å²) in [7, 11) is 0. The molecule has 3 aliphatic rings. The molecule has 0 amide bonds. The molecule has 0 saturated heterocycles. The van der Waals surface area contributed by atoms with Crippen LogP contribution in [-0.4, -0.2) is 24.8 Å². The van der Waals surface area contributed by atoms with E-state index in [4.69, 9.17) is 32.7 Å². The number of ether oxygens (including phenoxy) is 2. The summed E-state index contributed by atoms with van der Waals surface area (Å²) in [6, 6.07) is 21.4. The van der Waals surface area contributed by atoms with E-state index in [0.717, 1.165) is 0 Å². The highest BCUT2D eigenvalue weighted by atomic mass is 35.5. The second kappa shape index (κ2) is 8.88. The summed E-state index contributed by atoms with van der Waals surface area (Å²) < 4.78 is 40.6. The van der Waals surface area contributed by atoms with E-state index in [1.54, 1.807) is 60.7 Å². The van der Waals surface area contributed by atoms with Crippen LogP contribution in [0.1, 0.15) is 43.7 Å². The van der Waals surface area contributed by atoms with Gasteiger partial charge in [-0.05, 0) is 71.8 Å². The van der Waals surface area contributed by atoms with Gasteiger partial charge in [0.05, 0.1) is 22.0 Å². The highest BCUT2D eigenvalue weighted by Gasteiger charge is 2.80. The minimum Gasteiger partial charge on any atom is -0.492 e. The first-order valence-electron chi connectivity index (χ1n) is 12.7. The lowest BCUT2D eigenvalue weighted by molar-refractivity contribution is -0.124. The number of carbonyl (C=O) groups is 2. The summed E-state index contributed by atoms with van der Waals surface area (Å²) in [5.74, 6) is -2.03. The third-order valence-corrected chi connectivity index (χ3v) is 9.21. The van der Waals surface area contributed by atoms with Crippen molar-refractivity contribution in [2.45, 2.75) is 11.8 Å². The number of fused-ring (bicyclic) bond motifs is 3. The van der Waals surface area contributed by atoms with E-state index in [1.165, 1.54) is 24.3 Å². The van der Waals surface area contributed by atoms with E-state index in [-0.39, 0.29) is 35.9 Å². The van der Waals surface area contributed by atoms with Crippen LogP contribution in [0.15, 0.2) is 84.9 Å². The Labute approximate surface area is 238 Å². The van der Waals surface area contributed by atoms with Crippen molar-refractivity contribution in [3.8, 4) is 11.5 Å². The summed E-state index contributed by atoms with van der Waals surface area (Å²) in [6.07, 6.45) is 0. The van der Waals surface area contributed by atoms with Crippen LogP contribution in [-0.2, 0) is 0 Å². The lowest BCUT2D eigenvalue weighted by Gasteiger charge is -2.68. The van der Waals surface area contributed by atoms with Crippen LogP contribution in [0.3, 0.4) is 0 Å². The topological polar surface area (TPSA) is 52.6 Å². The molecule has 0 aromatic heterocycles. The second-order valence-electron chi connectivity index (χ2n) is 10.5. The van der Waals surface area contributed by atoms with Gasteiger partial charge in [-0.1, -0.05) is 47.5 Å². The van der Waals surface area contributed by atoms with Crippen molar-refractivity contribution in [3.05, 3.63) is 129 Å². The van der Waals surface area contributed by atoms with Crippen molar-refractivity contribution in [3.63, 3.8) is 0 Å². The van der Waals surface area contributed by atoms with Crippen LogP contribution in [0, 0.1) is 22.5 Å². The average Bonchev–Trinajstić information content (AvgIpc) is 2.95. The van der Waals surface area contributed by atoms with Crippen molar-refractivity contribution >= 4 is 34.8 Å². The zero-order valence-electron chi connectivity index (χ0n) is 20.8. The minimum atomic E-state index is -1.45. The summed E-state index contributed by atoms with van der Waals surface area (Å²) in [6.45, 7) is -0.240. The van der Waals surface area contributed by atoms with Gasteiger partial charge in [-0.2, -0.15) is 0 Å². The fourth-order valence-electron chi connectivity index (χ4n) is 7.05. The first-order valence-corrected chi connectivity index (χ1v) is 13.5. The van der Waals surface area contributed by atoms with Gasteiger partial charge in [-0.15, -0.1) is 0 Å². The SMILES string of the molecule is O=C1c2cc(Cl)ccc2OCC12C(c1ccc(F)cc1)C(c1ccc(F)cc1)C21COc2ccc(Cl)cc2C1=O. The molecule has 4 nitrogen and oxygen atoms in total. The lowest BCUT2D eigenvalue weighted by Crippen LogP contribution is -2.75. The first-order chi connectivity index (χ1) is 19.3. The molecule has 2 heterocycles. The molecule has 40 heavy (non-hydrogen) atoms. The standard InChI is InChI=1S/C32H20Cl2F2O4/c33-19-5-11-25-23(13-19)29(37)31(15-39-25)27(17-1-7-21(35)8-2-17)28(18-3-9-22(36)10-4-18)32(31)16-40-26-12-6-20(34)14-24(26)30(32)38/h1-14,27-28H,15-16H2. The predicted molar refractivity (Wildman–Crippen MR) is 146 cm³/mol.